The van der Waals surface area contributed by atoms with E-state index in [0.29, 0.717) is 28.9 Å². The number of benzene rings is 1. The van der Waals surface area contributed by atoms with Crippen LogP contribution in [0, 0.1) is 18.3 Å². The maximum atomic E-state index is 5.97. The van der Waals surface area contributed by atoms with Crippen LogP contribution in [0.2, 0.25) is 5.02 Å². The van der Waals surface area contributed by atoms with Gasteiger partial charge in [0, 0.05) is 0 Å². The highest BCUT2D eigenvalue weighted by atomic mass is 35.5. The molecule has 1 nitrogen and oxygen atoms in total. The lowest BCUT2D eigenvalue weighted by atomic mass is 10.2. The van der Waals surface area contributed by atoms with Crippen LogP contribution in [0.4, 0.5) is 0 Å². The number of ether oxygens (including phenoxy) is 1. The molecular formula is C12H13ClO. The van der Waals surface area contributed by atoms with E-state index < -0.39 is 0 Å². The third kappa shape index (κ3) is 2.68. The van der Waals surface area contributed by atoms with Gasteiger partial charge in [-0.25, -0.2) is 0 Å². The Labute approximate surface area is 90.0 Å². The van der Waals surface area contributed by atoms with Crippen LogP contribution in [0.3, 0.4) is 0 Å². The van der Waals surface area contributed by atoms with Crippen molar-refractivity contribution in [1.82, 2.24) is 0 Å². The van der Waals surface area contributed by atoms with Crippen LogP contribution in [0.15, 0.2) is 18.2 Å². The average Bonchev–Trinajstić information content (AvgIpc) is 2.15. The van der Waals surface area contributed by atoms with Crippen LogP contribution >= 0.6 is 11.6 Å². The van der Waals surface area contributed by atoms with Crippen molar-refractivity contribution in [3.8, 4) is 18.1 Å². The third-order valence-corrected chi connectivity index (χ3v) is 1.98. The zero-order chi connectivity index (χ0) is 10.6. The number of terminal acetylenes is 1. The minimum absolute atomic E-state index is 0.455. The van der Waals surface area contributed by atoms with Crippen molar-refractivity contribution in [1.29, 1.82) is 0 Å². The average molecular weight is 209 g/mol. The molecule has 1 rings (SSSR count). The van der Waals surface area contributed by atoms with Crippen molar-refractivity contribution < 1.29 is 4.74 Å². The molecule has 74 valence electrons. The minimum Gasteiger partial charge on any atom is -0.490 e. The highest BCUT2D eigenvalue weighted by Gasteiger charge is 2.06. The third-order valence-electron chi connectivity index (χ3n) is 1.68. The van der Waals surface area contributed by atoms with Crippen molar-refractivity contribution in [2.75, 3.05) is 6.61 Å². The smallest absolute Gasteiger partial charge is 0.153 e. The summed E-state index contributed by atoms with van der Waals surface area (Å²) in [4.78, 5) is 0. The molecular weight excluding hydrogens is 196 g/mol. The van der Waals surface area contributed by atoms with Crippen molar-refractivity contribution in [3.05, 3.63) is 28.8 Å². The van der Waals surface area contributed by atoms with Gasteiger partial charge in [0.1, 0.15) is 0 Å². The lowest BCUT2D eigenvalue weighted by Gasteiger charge is -2.11. The number of hydrogen-bond donors (Lipinski definition) is 0. The predicted molar refractivity (Wildman–Crippen MR) is 59.7 cm³/mol. The summed E-state index contributed by atoms with van der Waals surface area (Å²) >= 11 is 5.97. The summed E-state index contributed by atoms with van der Waals surface area (Å²) in [5.74, 6) is 3.62. The van der Waals surface area contributed by atoms with Crippen LogP contribution in [0.5, 0.6) is 5.75 Å². The first-order valence-electron chi connectivity index (χ1n) is 4.53. The van der Waals surface area contributed by atoms with E-state index in [1.165, 1.54) is 0 Å². The molecule has 0 radical (unpaired) electrons. The van der Waals surface area contributed by atoms with Gasteiger partial charge in [-0.15, -0.1) is 6.42 Å². The number of rotatable bonds is 3. The van der Waals surface area contributed by atoms with Gasteiger partial charge in [-0.2, -0.15) is 0 Å². The van der Waals surface area contributed by atoms with Crippen LogP contribution in [-0.4, -0.2) is 6.61 Å². The van der Waals surface area contributed by atoms with Gasteiger partial charge in [0.25, 0.3) is 0 Å². The van der Waals surface area contributed by atoms with Crippen molar-refractivity contribution in [3.63, 3.8) is 0 Å². The summed E-state index contributed by atoms with van der Waals surface area (Å²) in [5, 5.41) is 0.570. The van der Waals surface area contributed by atoms with Gasteiger partial charge in [-0.3, -0.25) is 0 Å². The fraction of sp³-hybridized carbons (Fsp3) is 0.333. The predicted octanol–water partition coefficient (Wildman–Crippen LogP) is 3.36. The van der Waals surface area contributed by atoms with Gasteiger partial charge in [0.2, 0.25) is 0 Å². The molecule has 1 aromatic rings. The molecule has 0 aromatic heterocycles. The van der Waals surface area contributed by atoms with Gasteiger partial charge in [0.05, 0.1) is 17.2 Å². The van der Waals surface area contributed by atoms with Crippen LogP contribution in [0.1, 0.15) is 19.4 Å². The molecule has 1 aromatic carbocycles. The molecule has 0 atom stereocenters. The van der Waals surface area contributed by atoms with E-state index in [1.807, 2.05) is 12.1 Å². The Bertz CT molecular complexity index is 350. The lowest BCUT2D eigenvalue weighted by molar-refractivity contribution is 0.270. The van der Waals surface area contributed by atoms with E-state index in [4.69, 9.17) is 22.8 Å². The topological polar surface area (TPSA) is 9.23 Å². The summed E-state index contributed by atoms with van der Waals surface area (Å²) in [6, 6.07) is 5.42. The van der Waals surface area contributed by atoms with Gasteiger partial charge < -0.3 is 4.74 Å². The van der Waals surface area contributed by atoms with Gasteiger partial charge in [-0.1, -0.05) is 37.4 Å². The maximum absolute atomic E-state index is 5.97. The Balaban J connectivity index is 2.89. The van der Waals surface area contributed by atoms with E-state index in [9.17, 15) is 0 Å². The van der Waals surface area contributed by atoms with E-state index in [-0.39, 0.29) is 0 Å². The largest absolute Gasteiger partial charge is 0.490 e. The highest BCUT2D eigenvalue weighted by Crippen LogP contribution is 2.28. The molecule has 0 saturated heterocycles. The molecule has 0 aliphatic carbocycles. The Morgan fingerprint density at radius 2 is 2.21 bits per heavy atom. The number of hydrogen-bond acceptors (Lipinski definition) is 1. The number of halogens is 1. The quantitative estimate of drug-likeness (QED) is 0.693. The van der Waals surface area contributed by atoms with Gasteiger partial charge >= 0.3 is 0 Å². The summed E-state index contributed by atoms with van der Waals surface area (Å²) in [6.07, 6.45) is 5.34. The molecule has 14 heavy (non-hydrogen) atoms. The summed E-state index contributed by atoms with van der Waals surface area (Å²) < 4.78 is 5.55. The fourth-order valence-corrected chi connectivity index (χ4v) is 1.25. The lowest BCUT2D eigenvalue weighted by Crippen LogP contribution is -2.05. The first-order valence-corrected chi connectivity index (χ1v) is 4.91. The SMILES string of the molecule is C#Cc1cccc(Cl)c1OCC(C)C. The Morgan fingerprint density at radius 1 is 1.50 bits per heavy atom. The van der Waals surface area contributed by atoms with Gasteiger partial charge in [-0.05, 0) is 18.1 Å². The van der Waals surface area contributed by atoms with E-state index in [0.717, 1.165) is 0 Å². The number of para-hydroxylation sites is 1. The Kier molecular flexibility index (Phi) is 3.85. The Hall–Kier alpha value is -1.13. The van der Waals surface area contributed by atoms with E-state index in [1.54, 1.807) is 6.07 Å². The summed E-state index contributed by atoms with van der Waals surface area (Å²) in [7, 11) is 0. The molecule has 0 saturated carbocycles. The van der Waals surface area contributed by atoms with E-state index >= 15 is 0 Å². The van der Waals surface area contributed by atoms with Crippen molar-refractivity contribution >= 4 is 11.6 Å². The van der Waals surface area contributed by atoms with Crippen LogP contribution < -0.4 is 4.74 Å². The molecule has 0 spiro atoms. The Morgan fingerprint density at radius 3 is 2.79 bits per heavy atom. The van der Waals surface area contributed by atoms with Crippen molar-refractivity contribution in [2.24, 2.45) is 5.92 Å². The molecule has 0 aliphatic rings. The zero-order valence-corrected chi connectivity index (χ0v) is 9.14. The normalized spacial score (nSPS) is 9.93. The second kappa shape index (κ2) is 4.93. The molecule has 0 amide bonds. The van der Waals surface area contributed by atoms with Crippen molar-refractivity contribution in [2.45, 2.75) is 13.8 Å². The van der Waals surface area contributed by atoms with Crippen LogP contribution in [0.25, 0.3) is 0 Å². The molecule has 0 N–H and O–H groups in total. The zero-order valence-electron chi connectivity index (χ0n) is 8.38. The maximum Gasteiger partial charge on any atom is 0.153 e. The fourth-order valence-electron chi connectivity index (χ4n) is 1.02. The molecule has 0 heterocycles. The molecule has 0 unspecified atom stereocenters. The molecule has 0 bridgehead atoms. The molecule has 0 aliphatic heterocycles. The standard InChI is InChI=1S/C12H13ClO/c1-4-10-6-5-7-11(13)12(10)14-8-9(2)3/h1,5-7,9H,8H2,2-3H3. The van der Waals surface area contributed by atoms with E-state index in [2.05, 4.69) is 19.8 Å². The summed E-state index contributed by atoms with van der Waals surface area (Å²) in [6.45, 7) is 4.77. The second-order valence-electron chi connectivity index (χ2n) is 3.47. The minimum atomic E-state index is 0.455. The summed E-state index contributed by atoms with van der Waals surface area (Å²) in [5.41, 5.74) is 0.707. The first kappa shape index (κ1) is 10.9. The second-order valence-corrected chi connectivity index (χ2v) is 3.87. The van der Waals surface area contributed by atoms with Gasteiger partial charge in [0.15, 0.2) is 5.75 Å². The highest BCUT2D eigenvalue weighted by molar-refractivity contribution is 6.32. The monoisotopic (exact) mass is 208 g/mol. The first-order chi connectivity index (χ1) is 6.65. The molecule has 0 fully saturated rings. The van der Waals surface area contributed by atoms with Crippen LogP contribution in [-0.2, 0) is 0 Å². The molecule has 2 heteroatoms.